The van der Waals surface area contributed by atoms with Crippen molar-refractivity contribution in [1.82, 2.24) is 4.90 Å². The third kappa shape index (κ3) is 3.88. The molecule has 1 saturated heterocycles. The van der Waals surface area contributed by atoms with Gasteiger partial charge in [-0.15, -0.1) is 6.42 Å². The molecule has 1 aromatic carbocycles. The van der Waals surface area contributed by atoms with E-state index in [2.05, 4.69) is 5.92 Å². The average molecular weight is 331 g/mol. The molecule has 23 heavy (non-hydrogen) atoms. The second-order valence-corrected chi connectivity index (χ2v) is 6.04. The zero-order valence-corrected chi connectivity index (χ0v) is 14.0. The molecule has 0 radical (unpaired) electrons. The number of hydrogen-bond acceptors (Lipinski definition) is 5. The maximum Gasteiger partial charge on any atom is 0.294 e. The number of rotatable bonds is 5. The number of amides is 2. The minimum Gasteiger partial charge on any atom is -0.493 e. The highest BCUT2D eigenvalue weighted by atomic mass is 32.2. The van der Waals surface area contributed by atoms with Crippen molar-refractivity contribution in [2.75, 3.05) is 13.7 Å². The van der Waals surface area contributed by atoms with Crippen LogP contribution in [-0.4, -0.2) is 35.8 Å². The molecule has 1 aliphatic rings. The highest BCUT2D eigenvalue weighted by molar-refractivity contribution is 8.18. The van der Waals surface area contributed by atoms with Gasteiger partial charge in [-0.25, -0.2) is 0 Å². The molecule has 2 rings (SSSR count). The maximum atomic E-state index is 12.1. The first-order valence-electron chi connectivity index (χ1n) is 6.99. The molecule has 1 heterocycles. The van der Waals surface area contributed by atoms with Crippen LogP contribution in [0.4, 0.5) is 4.79 Å². The Morgan fingerprint density at radius 3 is 2.70 bits per heavy atom. The zero-order valence-electron chi connectivity index (χ0n) is 13.2. The van der Waals surface area contributed by atoms with Crippen molar-refractivity contribution >= 4 is 29.0 Å². The van der Waals surface area contributed by atoms with Crippen LogP contribution in [0.5, 0.6) is 11.5 Å². The first-order chi connectivity index (χ1) is 11.0. The van der Waals surface area contributed by atoms with Crippen LogP contribution >= 0.6 is 11.8 Å². The quantitative estimate of drug-likeness (QED) is 0.613. The van der Waals surface area contributed by atoms with E-state index in [0.717, 1.165) is 22.2 Å². The van der Waals surface area contributed by atoms with E-state index in [-0.39, 0.29) is 23.8 Å². The normalized spacial score (nSPS) is 16.1. The van der Waals surface area contributed by atoms with Crippen molar-refractivity contribution < 1.29 is 19.1 Å². The Kier molecular flexibility index (Phi) is 5.35. The summed E-state index contributed by atoms with van der Waals surface area (Å²) in [6, 6.07) is 5.33. The van der Waals surface area contributed by atoms with Crippen molar-refractivity contribution in [2.45, 2.75) is 20.0 Å². The van der Waals surface area contributed by atoms with Gasteiger partial charge in [-0.3, -0.25) is 14.5 Å². The third-order valence-electron chi connectivity index (χ3n) is 2.97. The van der Waals surface area contributed by atoms with Gasteiger partial charge in [-0.2, -0.15) is 0 Å². The smallest absolute Gasteiger partial charge is 0.294 e. The molecule has 1 aromatic rings. The Morgan fingerprint density at radius 1 is 1.35 bits per heavy atom. The number of terminal acetylenes is 1. The standard InChI is InChI=1S/C17H17NO4S/c1-5-8-18-16(19)15(23-17(18)20)10-12-6-7-13(22-11(2)3)14(9-12)21-4/h1,6-7,9-11H,8H2,2-4H3/b15-10+. The molecule has 0 bridgehead atoms. The molecule has 6 heteroatoms. The van der Waals surface area contributed by atoms with E-state index >= 15 is 0 Å². The van der Waals surface area contributed by atoms with Gasteiger partial charge in [-0.05, 0) is 49.4 Å². The first-order valence-corrected chi connectivity index (χ1v) is 7.81. The Morgan fingerprint density at radius 2 is 2.09 bits per heavy atom. The monoisotopic (exact) mass is 331 g/mol. The van der Waals surface area contributed by atoms with Crippen molar-refractivity contribution in [3.05, 3.63) is 28.7 Å². The fraction of sp³-hybridized carbons (Fsp3) is 0.294. The second kappa shape index (κ2) is 7.25. The van der Waals surface area contributed by atoms with Gasteiger partial charge >= 0.3 is 0 Å². The van der Waals surface area contributed by atoms with Crippen molar-refractivity contribution in [3.63, 3.8) is 0 Å². The van der Waals surface area contributed by atoms with Crippen LogP contribution < -0.4 is 9.47 Å². The molecule has 1 aliphatic heterocycles. The Labute approximate surface area is 139 Å². The summed E-state index contributed by atoms with van der Waals surface area (Å²) in [5, 5.41) is -0.356. The van der Waals surface area contributed by atoms with Gasteiger partial charge in [0.15, 0.2) is 11.5 Å². The Bertz CT molecular complexity index is 703. The lowest BCUT2D eigenvalue weighted by Gasteiger charge is -2.13. The number of carbonyl (C=O) groups excluding carboxylic acids is 2. The summed E-state index contributed by atoms with van der Waals surface area (Å²) in [7, 11) is 1.55. The molecule has 0 N–H and O–H groups in total. The summed E-state index contributed by atoms with van der Waals surface area (Å²) in [6.45, 7) is 3.83. The van der Waals surface area contributed by atoms with Crippen LogP contribution in [-0.2, 0) is 4.79 Å². The number of methoxy groups -OCH3 is 1. The van der Waals surface area contributed by atoms with E-state index in [0.29, 0.717) is 16.4 Å². The minimum absolute atomic E-state index is 0.0213. The van der Waals surface area contributed by atoms with Crippen LogP contribution in [0.15, 0.2) is 23.1 Å². The van der Waals surface area contributed by atoms with Gasteiger partial charge in [0.2, 0.25) is 0 Å². The maximum absolute atomic E-state index is 12.1. The van der Waals surface area contributed by atoms with E-state index < -0.39 is 0 Å². The summed E-state index contributed by atoms with van der Waals surface area (Å²) in [6.07, 6.45) is 6.83. The molecular weight excluding hydrogens is 314 g/mol. The van der Waals surface area contributed by atoms with Crippen LogP contribution in [0.3, 0.4) is 0 Å². The molecule has 0 aromatic heterocycles. The zero-order chi connectivity index (χ0) is 17.0. The molecule has 0 saturated carbocycles. The predicted molar refractivity (Wildman–Crippen MR) is 90.3 cm³/mol. The van der Waals surface area contributed by atoms with Crippen LogP contribution in [0.25, 0.3) is 6.08 Å². The van der Waals surface area contributed by atoms with E-state index in [1.807, 2.05) is 13.8 Å². The lowest BCUT2D eigenvalue weighted by atomic mass is 10.2. The van der Waals surface area contributed by atoms with E-state index in [9.17, 15) is 9.59 Å². The highest BCUT2D eigenvalue weighted by Crippen LogP contribution is 2.34. The summed E-state index contributed by atoms with van der Waals surface area (Å²) in [5.41, 5.74) is 0.740. The number of imide groups is 1. The predicted octanol–water partition coefficient (Wildman–Crippen LogP) is 3.15. The largest absolute Gasteiger partial charge is 0.493 e. The molecular formula is C17H17NO4S. The summed E-state index contributed by atoms with van der Waals surface area (Å²) in [4.78, 5) is 25.3. The van der Waals surface area contributed by atoms with Gasteiger partial charge in [-0.1, -0.05) is 12.0 Å². The average Bonchev–Trinajstić information content (AvgIpc) is 2.76. The molecule has 1 fully saturated rings. The van der Waals surface area contributed by atoms with Gasteiger partial charge < -0.3 is 9.47 Å². The number of carbonyl (C=O) groups is 2. The van der Waals surface area contributed by atoms with Crippen molar-refractivity contribution in [2.24, 2.45) is 0 Å². The van der Waals surface area contributed by atoms with Crippen molar-refractivity contribution in [3.8, 4) is 23.8 Å². The fourth-order valence-corrected chi connectivity index (χ4v) is 2.84. The first kappa shape index (κ1) is 17.0. The SMILES string of the molecule is C#CCN1C(=O)S/C(=C/c2ccc(OC(C)C)c(OC)c2)C1=O. The Balaban J connectivity index is 2.28. The third-order valence-corrected chi connectivity index (χ3v) is 3.88. The number of thioether (sulfide) groups is 1. The van der Waals surface area contributed by atoms with Crippen LogP contribution in [0.1, 0.15) is 19.4 Å². The number of benzene rings is 1. The van der Waals surface area contributed by atoms with E-state index in [4.69, 9.17) is 15.9 Å². The molecule has 0 atom stereocenters. The topological polar surface area (TPSA) is 55.8 Å². The molecule has 5 nitrogen and oxygen atoms in total. The summed E-state index contributed by atoms with van der Waals surface area (Å²) in [5.74, 6) is 3.12. The van der Waals surface area contributed by atoms with Gasteiger partial charge in [0, 0.05) is 0 Å². The molecule has 0 aliphatic carbocycles. The van der Waals surface area contributed by atoms with E-state index in [1.165, 1.54) is 0 Å². The van der Waals surface area contributed by atoms with E-state index in [1.54, 1.807) is 31.4 Å². The lowest BCUT2D eigenvalue weighted by Crippen LogP contribution is -2.28. The van der Waals surface area contributed by atoms with Gasteiger partial charge in [0.25, 0.3) is 11.1 Å². The number of nitrogens with zero attached hydrogens (tertiary/aromatic N) is 1. The summed E-state index contributed by atoms with van der Waals surface area (Å²) >= 11 is 0.876. The fourth-order valence-electron chi connectivity index (χ4n) is 2.00. The van der Waals surface area contributed by atoms with Gasteiger partial charge in [0.05, 0.1) is 24.7 Å². The van der Waals surface area contributed by atoms with Crippen LogP contribution in [0.2, 0.25) is 0 Å². The molecule has 0 unspecified atom stereocenters. The minimum atomic E-state index is -0.376. The molecule has 120 valence electrons. The number of hydrogen-bond donors (Lipinski definition) is 0. The summed E-state index contributed by atoms with van der Waals surface area (Å²) < 4.78 is 11.0. The molecule has 0 spiro atoms. The second-order valence-electron chi connectivity index (χ2n) is 5.05. The highest BCUT2D eigenvalue weighted by Gasteiger charge is 2.34. The molecule has 2 amide bonds. The van der Waals surface area contributed by atoms with Crippen LogP contribution in [0, 0.1) is 12.3 Å². The number of ether oxygens (including phenoxy) is 2. The lowest BCUT2D eigenvalue weighted by molar-refractivity contribution is -0.122. The van der Waals surface area contributed by atoms with Gasteiger partial charge in [0.1, 0.15) is 0 Å². The van der Waals surface area contributed by atoms with Crippen molar-refractivity contribution in [1.29, 1.82) is 0 Å². The Hall–Kier alpha value is -2.39.